The zero-order valence-corrected chi connectivity index (χ0v) is 11.3. The molecule has 2 heterocycles. The Hall–Kier alpha value is -1.62. The van der Waals surface area contributed by atoms with E-state index in [0.29, 0.717) is 5.56 Å². The maximum atomic E-state index is 11.5. The summed E-state index contributed by atoms with van der Waals surface area (Å²) in [7, 11) is 1.39. The van der Waals surface area contributed by atoms with Crippen LogP contribution in [0.1, 0.15) is 29.6 Å². The number of hydrogen-bond acceptors (Lipinski definition) is 5. The van der Waals surface area contributed by atoms with Crippen molar-refractivity contribution in [1.82, 2.24) is 4.98 Å². The molecule has 104 valence electrons. The third-order valence-electron chi connectivity index (χ3n) is 3.68. The van der Waals surface area contributed by atoms with Crippen molar-refractivity contribution in [1.29, 1.82) is 0 Å². The Kier molecular flexibility index (Phi) is 4.74. The van der Waals surface area contributed by atoms with Gasteiger partial charge in [-0.2, -0.15) is 0 Å². The predicted octanol–water partition coefficient (Wildman–Crippen LogP) is 1.43. The lowest BCUT2D eigenvalue weighted by Gasteiger charge is -2.32. The molecule has 1 aromatic rings. The number of methoxy groups -OCH3 is 1. The summed E-state index contributed by atoms with van der Waals surface area (Å²) < 4.78 is 4.73. The monoisotopic (exact) mass is 263 g/mol. The fourth-order valence-corrected chi connectivity index (χ4v) is 2.52. The van der Waals surface area contributed by atoms with Gasteiger partial charge in [0.2, 0.25) is 0 Å². The lowest BCUT2D eigenvalue weighted by molar-refractivity contribution is 0.0600. The molecule has 1 saturated heterocycles. The van der Waals surface area contributed by atoms with Gasteiger partial charge in [0.1, 0.15) is 5.82 Å². The highest BCUT2D eigenvalue weighted by Crippen LogP contribution is 2.24. The number of piperidine rings is 1. The number of ether oxygens (including phenoxy) is 1. The van der Waals surface area contributed by atoms with Crippen molar-refractivity contribution in [3.8, 4) is 0 Å². The first-order valence-electron chi connectivity index (χ1n) is 6.74. The van der Waals surface area contributed by atoms with Gasteiger partial charge in [-0.3, -0.25) is 0 Å². The van der Waals surface area contributed by atoms with Crippen LogP contribution < -0.4 is 10.6 Å². The average molecular weight is 263 g/mol. The molecule has 1 aromatic heterocycles. The van der Waals surface area contributed by atoms with Crippen LogP contribution in [0.15, 0.2) is 18.3 Å². The van der Waals surface area contributed by atoms with Crippen molar-refractivity contribution in [3.05, 3.63) is 23.9 Å². The standard InChI is InChI=1S/C14H21N3O2/c1-19-14(18)12-3-7-16-13(10-12)17-8-4-11(2-6-15)5-9-17/h3,7,10-11H,2,4-6,8-9,15H2,1H3. The molecule has 2 N–H and O–H groups in total. The van der Waals surface area contributed by atoms with Crippen LogP contribution in [0.2, 0.25) is 0 Å². The van der Waals surface area contributed by atoms with E-state index in [0.717, 1.165) is 50.6 Å². The minimum absolute atomic E-state index is 0.318. The molecular weight excluding hydrogens is 242 g/mol. The second-order valence-corrected chi connectivity index (χ2v) is 4.90. The van der Waals surface area contributed by atoms with E-state index in [2.05, 4.69) is 9.88 Å². The number of carbonyl (C=O) groups excluding carboxylic acids is 1. The summed E-state index contributed by atoms with van der Waals surface area (Å²) in [5.41, 5.74) is 6.15. The summed E-state index contributed by atoms with van der Waals surface area (Å²) in [5, 5.41) is 0. The van der Waals surface area contributed by atoms with E-state index in [1.165, 1.54) is 7.11 Å². The molecule has 0 saturated carbocycles. The highest BCUT2D eigenvalue weighted by molar-refractivity contribution is 5.90. The molecule has 1 aliphatic heterocycles. The summed E-state index contributed by atoms with van der Waals surface area (Å²) in [4.78, 5) is 18.1. The van der Waals surface area contributed by atoms with Crippen molar-refractivity contribution in [3.63, 3.8) is 0 Å². The summed E-state index contributed by atoms with van der Waals surface area (Å²) in [6, 6.07) is 3.48. The van der Waals surface area contributed by atoms with Crippen molar-refractivity contribution < 1.29 is 9.53 Å². The molecule has 5 nitrogen and oxygen atoms in total. The molecule has 0 spiro atoms. The third-order valence-corrected chi connectivity index (χ3v) is 3.68. The van der Waals surface area contributed by atoms with Crippen LogP contribution in [0.3, 0.4) is 0 Å². The smallest absolute Gasteiger partial charge is 0.338 e. The minimum atomic E-state index is -0.318. The summed E-state index contributed by atoms with van der Waals surface area (Å²) in [6.45, 7) is 2.71. The maximum absolute atomic E-state index is 11.5. The number of nitrogens with two attached hydrogens (primary N) is 1. The van der Waals surface area contributed by atoms with Gasteiger partial charge >= 0.3 is 5.97 Å². The Labute approximate surface area is 113 Å². The normalized spacial score (nSPS) is 16.4. The number of hydrogen-bond donors (Lipinski definition) is 1. The van der Waals surface area contributed by atoms with Gasteiger partial charge in [-0.1, -0.05) is 0 Å². The van der Waals surface area contributed by atoms with Crippen LogP contribution in [-0.4, -0.2) is 37.7 Å². The van der Waals surface area contributed by atoms with Crippen molar-refractivity contribution in [2.45, 2.75) is 19.3 Å². The number of nitrogens with zero attached hydrogens (tertiary/aromatic N) is 2. The van der Waals surface area contributed by atoms with Gasteiger partial charge in [0.05, 0.1) is 12.7 Å². The number of pyridine rings is 1. The Balaban J connectivity index is 2.01. The summed E-state index contributed by atoms with van der Waals surface area (Å²) in [6.07, 6.45) is 5.04. The first-order valence-corrected chi connectivity index (χ1v) is 6.74. The lowest BCUT2D eigenvalue weighted by Crippen LogP contribution is -2.34. The van der Waals surface area contributed by atoms with E-state index in [4.69, 9.17) is 10.5 Å². The second-order valence-electron chi connectivity index (χ2n) is 4.90. The fraction of sp³-hybridized carbons (Fsp3) is 0.571. The zero-order valence-electron chi connectivity index (χ0n) is 11.3. The lowest BCUT2D eigenvalue weighted by atomic mass is 9.93. The van der Waals surface area contributed by atoms with E-state index < -0.39 is 0 Å². The van der Waals surface area contributed by atoms with Crippen LogP contribution in [0, 0.1) is 5.92 Å². The number of carbonyl (C=O) groups is 1. The summed E-state index contributed by atoms with van der Waals surface area (Å²) >= 11 is 0. The molecular formula is C14H21N3O2. The van der Waals surface area contributed by atoms with Crippen LogP contribution >= 0.6 is 0 Å². The molecule has 19 heavy (non-hydrogen) atoms. The van der Waals surface area contributed by atoms with Crippen molar-refractivity contribution in [2.24, 2.45) is 11.7 Å². The molecule has 2 rings (SSSR count). The highest BCUT2D eigenvalue weighted by atomic mass is 16.5. The predicted molar refractivity (Wildman–Crippen MR) is 74.2 cm³/mol. The third kappa shape index (κ3) is 3.44. The van der Waals surface area contributed by atoms with E-state index in [1.807, 2.05) is 0 Å². The average Bonchev–Trinajstić information content (AvgIpc) is 2.48. The Morgan fingerprint density at radius 3 is 2.89 bits per heavy atom. The molecule has 0 bridgehead atoms. The van der Waals surface area contributed by atoms with E-state index in [1.54, 1.807) is 18.3 Å². The highest BCUT2D eigenvalue weighted by Gasteiger charge is 2.20. The molecule has 0 aromatic carbocycles. The van der Waals surface area contributed by atoms with Crippen LogP contribution in [0.5, 0.6) is 0 Å². The molecule has 5 heteroatoms. The first-order chi connectivity index (χ1) is 9.24. The van der Waals surface area contributed by atoms with E-state index in [-0.39, 0.29) is 5.97 Å². The number of rotatable bonds is 4. The Morgan fingerprint density at radius 1 is 1.53 bits per heavy atom. The molecule has 0 aliphatic carbocycles. The van der Waals surface area contributed by atoms with Gasteiger partial charge in [-0.15, -0.1) is 0 Å². The van der Waals surface area contributed by atoms with Crippen LogP contribution in [0.25, 0.3) is 0 Å². The maximum Gasteiger partial charge on any atom is 0.338 e. The van der Waals surface area contributed by atoms with E-state index in [9.17, 15) is 4.79 Å². The minimum Gasteiger partial charge on any atom is -0.465 e. The number of esters is 1. The quantitative estimate of drug-likeness (QED) is 0.832. The number of anilines is 1. The van der Waals surface area contributed by atoms with Gasteiger partial charge in [0.15, 0.2) is 0 Å². The zero-order chi connectivity index (χ0) is 13.7. The van der Waals surface area contributed by atoms with Crippen molar-refractivity contribution >= 4 is 11.8 Å². The SMILES string of the molecule is COC(=O)c1ccnc(N2CCC(CCN)CC2)c1. The van der Waals surface area contributed by atoms with Crippen molar-refractivity contribution in [2.75, 3.05) is 31.6 Å². The molecule has 0 radical (unpaired) electrons. The molecule has 0 unspecified atom stereocenters. The van der Waals surface area contributed by atoms with Gasteiger partial charge in [-0.05, 0) is 43.9 Å². The first kappa shape index (κ1) is 13.8. The van der Waals surface area contributed by atoms with Gasteiger partial charge in [-0.25, -0.2) is 9.78 Å². The Morgan fingerprint density at radius 2 is 2.26 bits per heavy atom. The van der Waals surface area contributed by atoms with Crippen LogP contribution in [-0.2, 0) is 4.74 Å². The topological polar surface area (TPSA) is 68.5 Å². The molecule has 0 atom stereocenters. The van der Waals surface area contributed by atoms with E-state index >= 15 is 0 Å². The second kappa shape index (κ2) is 6.52. The Bertz CT molecular complexity index is 428. The molecule has 0 amide bonds. The van der Waals surface area contributed by atoms with Gasteiger partial charge in [0, 0.05) is 19.3 Å². The van der Waals surface area contributed by atoms with Crippen LogP contribution in [0.4, 0.5) is 5.82 Å². The fourth-order valence-electron chi connectivity index (χ4n) is 2.52. The molecule has 1 aliphatic rings. The summed E-state index contributed by atoms with van der Waals surface area (Å²) in [5.74, 6) is 1.26. The van der Waals surface area contributed by atoms with Gasteiger partial charge in [0.25, 0.3) is 0 Å². The molecule has 1 fully saturated rings. The largest absolute Gasteiger partial charge is 0.465 e. The number of aromatic nitrogens is 1. The van der Waals surface area contributed by atoms with Gasteiger partial charge < -0.3 is 15.4 Å².